The zero-order valence-electron chi connectivity index (χ0n) is 13.3. The molecule has 0 radical (unpaired) electrons. The number of hydrogen-bond donors (Lipinski definition) is 0. The minimum Gasteiger partial charge on any atom is -0.345 e. The monoisotopic (exact) mass is 300 g/mol. The fourth-order valence-electron chi connectivity index (χ4n) is 3.74. The van der Waals surface area contributed by atoms with Gasteiger partial charge in [0.15, 0.2) is 0 Å². The molecule has 0 unspecified atom stereocenters. The van der Waals surface area contributed by atoms with E-state index in [4.69, 9.17) is 5.26 Å². The number of hydrogen-bond acceptors (Lipinski definition) is 3. The number of nitriles is 1. The van der Waals surface area contributed by atoms with Gasteiger partial charge in [-0.3, -0.25) is 9.69 Å². The van der Waals surface area contributed by atoms with E-state index in [0.717, 1.165) is 32.2 Å². The van der Waals surface area contributed by atoms with E-state index in [9.17, 15) is 4.79 Å². The molecular formula is C17H24N4O. The number of carbonyl (C=O) groups excluding carboxylic acids is 1. The molecule has 0 atom stereocenters. The van der Waals surface area contributed by atoms with Gasteiger partial charge in [-0.1, -0.05) is 19.3 Å². The number of amides is 1. The zero-order chi connectivity index (χ0) is 15.5. The van der Waals surface area contributed by atoms with Crippen LogP contribution in [0.25, 0.3) is 0 Å². The first-order valence-electron chi connectivity index (χ1n) is 8.29. The van der Waals surface area contributed by atoms with Crippen molar-refractivity contribution in [1.82, 2.24) is 14.4 Å². The Morgan fingerprint density at radius 2 is 1.86 bits per heavy atom. The Balaban J connectivity index is 1.59. The van der Waals surface area contributed by atoms with Gasteiger partial charge in [-0.2, -0.15) is 5.26 Å². The molecule has 1 amide bonds. The molecule has 1 aromatic rings. The summed E-state index contributed by atoms with van der Waals surface area (Å²) in [6, 6.07) is 4.51. The van der Waals surface area contributed by atoms with Crippen molar-refractivity contribution in [3.05, 3.63) is 23.5 Å². The highest BCUT2D eigenvalue weighted by Gasteiger charge is 2.28. The molecule has 2 heterocycles. The molecular weight excluding hydrogens is 276 g/mol. The molecule has 1 aromatic heterocycles. The van der Waals surface area contributed by atoms with E-state index in [-0.39, 0.29) is 5.91 Å². The number of aromatic nitrogens is 1. The van der Waals surface area contributed by atoms with E-state index in [2.05, 4.69) is 11.0 Å². The molecule has 1 saturated heterocycles. The van der Waals surface area contributed by atoms with E-state index in [1.165, 1.54) is 32.1 Å². The Bertz CT molecular complexity index is 572. The lowest BCUT2D eigenvalue weighted by Crippen LogP contribution is -2.52. The third-order valence-electron chi connectivity index (χ3n) is 5.05. The van der Waals surface area contributed by atoms with E-state index in [1.807, 2.05) is 11.9 Å². The summed E-state index contributed by atoms with van der Waals surface area (Å²) in [5.41, 5.74) is 1.16. The smallest absolute Gasteiger partial charge is 0.270 e. The summed E-state index contributed by atoms with van der Waals surface area (Å²) in [5.74, 6) is 0.0484. The van der Waals surface area contributed by atoms with Gasteiger partial charge in [0.05, 0.1) is 5.56 Å². The molecule has 22 heavy (non-hydrogen) atoms. The Labute approximate surface area is 132 Å². The van der Waals surface area contributed by atoms with Crippen molar-refractivity contribution in [2.75, 3.05) is 26.2 Å². The van der Waals surface area contributed by atoms with Crippen LogP contribution in [0.4, 0.5) is 0 Å². The van der Waals surface area contributed by atoms with Crippen molar-refractivity contribution in [1.29, 1.82) is 5.26 Å². The molecule has 1 aliphatic carbocycles. The van der Waals surface area contributed by atoms with E-state index < -0.39 is 0 Å². The molecule has 2 aliphatic rings. The molecule has 1 aliphatic heterocycles. The van der Waals surface area contributed by atoms with Crippen LogP contribution in [0.3, 0.4) is 0 Å². The second kappa shape index (κ2) is 6.53. The highest BCUT2D eigenvalue weighted by molar-refractivity contribution is 5.93. The lowest BCUT2D eigenvalue weighted by atomic mass is 9.94. The van der Waals surface area contributed by atoms with Crippen LogP contribution in [0.2, 0.25) is 0 Å². The van der Waals surface area contributed by atoms with Crippen LogP contribution in [0.15, 0.2) is 12.3 Å². The van der Waals surface area contributed by atoms with Crippen molar-refractivity contribution in [3.8, 4) is 6.07 Å². The molecule has 5 nitrogen and oxygen atoms in total. The second-order valence-corrected chi connectivity index (χ2v) is 6.46. The SMILES string of the molecule is Cn1cc(C#N)cc1C(=O)N1CCN(C2CCCCC2)CC1. The summed E-state index contributed by atoms with van der Waals surface area (Å²) in [4.78, 5) is 17.1. The summed E-state index contributed by atoms with van der Waals surface area (Å²) in [5, 5.41) is 8.95. The minimum absolute atomic E-state index is 0.0484. The number of aryl methyl sites for hydroxylation is 1. The average molecular weight is 300 g/mol. The van der Waals surface area contributed by atoms with Gasteiger partial charge >= 0.3 is 0 Å². The summed E-state index contributed by atoms with van der Waals surface area (Å²) < 4.78 is 1.76. The number of rotatable bonds is 2. The lowest BCUT2D eigenvalue weighted by molar-refractivity contribution is 0.0515. The average Bonchev–Trinajstić information content (AvgIpc) is 2.96. The van der Waals surface area contributed by atoms with Crippen molar-refractivity contribution in [3.63, 3.8) is 0 Å². The maximum Gasteiger partial charge on any atom is 0.270 e. The maximum atomic E-state index is 12.6. The first-order valence-corrected chi connectivity index (χ1v) is 8.29. The molecule has 0 bridgehead atoms. The Morgan fingerprint density at radius 3 is 2.45 bits per heavy atom. The van der Waals surface area contributed by atoms with Crippen LogP contribution in [0.1, 0.15) is 48.2 Å². The van der Waals surface area contributed by atoms with Crippen LogP contribution in [0, 0.1) is 11.3 Å². The van der Waals surface area contributed by atoms with Gasteiger partial charge in [-0.05, 0) is 18.9 Å². The predicted molar refractivity (Wildman–Crippen MR) is 84.5 cm³/mol. The van der Waals surface area contributed by atoms with Crippen molar-refractivity contribution < 1.29 is 4.79 Å². The van der Waals surface area contributed by atoms with E-state index >= 15 is 0 Å². The molecule has 5 heteroatoms. The van der Waals surface area contributed by atoms with E-state index in [1.54, 1.807) is 16.8 Å². The lowest BCUT2D eigenvalue weighted by Gasteiger charge is -2.40. The molecule has 0 aromatic carbocycles. The maximum absolute atomic E-state index is 12.6. The standard InChI is InChI=1S/C17H24N4O/c1-19-13-14(12-18)11-16(19)17(22)21-9-7-20(8-10-21)15-5-3-2-4-6-15/h11,13,15H,2-10H2,1H3. The fourth-order valence-corrected chi connectivity index (χ4v) is 3.74. The fraction of sp³-hybridized carbons (Fsp3) is 0.647. The number of carbonyl (C=O) groups is 1. The third kappa shape index (κ3) is 3.02. The molecule has 1 saturated carbocycles. The van der Waals surface area contributed by atoms with Crippen molar-refractivity contribution in [2.45, 2.75) is 38.1 Å². The largest absolute Gasteiger partial charge is 0.345 e. The molecule has 118 valence electrons. The first-order chi connectivity index (χ1) is 10.7. The minimum atomic E-state index is 0.0484. The quantitative estimate of drug-likeness (QED) is 0.839. The van der Waals surface area contributed by atoms with Gasteiger partial charge in [0.25, 0.3) is 5.91 Å². The summed E-state index contributed by atoms with van der Waals surface area (Å²) >= 11 is 0. The highest BCUT2D eigenvalue weighted by atomic mass is 16.2. The molecule has 2 fully saturated rings. The van der Waals surface area contributed by atoms with Crippen LogP contribution in [-0.2, 0) is 7.05 Å². The zero-order valence-corrected chi connectivity index (χ0v) is 13.3. The summed E-state index contributed by atoms with van der Waals surface area (Å²) in [7, 11) is 1.83. The van der Waals surface area contributed by atoms with Crippen LogP contribution in [0.5, 0.6) is 0 Å². The molecule has 0 spiro atoms. The highest BCUT2D eigenvalue weighted by Crippen LogP contribution is 2.23. The van der Waals surface area contributed by atoms with Gasteiger partial charge in [0.1, 0.15) is 11.8 Å². The van der Waals surface area contributed by atoms with Gasteiger partial charge in [0, 0.05) is 45.5 Å². The van der Waals surface area contributed by atoms with Crippen molar-refractivity contribution >= 4 is 5.91 Å². The van der Waals surface area contributed by atoms with Crippen LogP contribution < -0.4 is 0 Å². The van der Waals surface area contributed by atoms with Gasteiger partial charge < -0.3 is 9.47 Å². The van der Waals surface area contributed by atoms with Crippen LogP contribution in [-0.4, -0.2) is 52.5 Å². The Hall–Kier alpha value is -1.80. The normalized spacial score (nSPS) is 20.8. The predicted octanol–water partition coefficient (Wildman–Crippen LogP) is 1.99. The Kier molecular flexibility index (Phi) is 4.49. The van der Waals surface area contributed by atoms with Crippen LogP contribution >= 0.6 is 0 Å². The topological polar surface area (TPSA) is 52.3 Å². The second-order valence-electron chi connectivity index (χ2n) is 6.46. The number of nitrogens with zero attached hydrogens (tertiary/aromatic N) is 4. The van der Waals surface area contributed by atoms with Gasteiger partial charge in [-0.15, -0.1) is 0 Å². The van der Waals surface area contributed by atoms with Gasteiger partial charge in [-0.25, -0.2) is 0 Å². The Morgan fingerprint density at radius 1 is 1.18 bits per heavy atom. The van der Waals surface area contributed by atoms with Gasteiger partial charge in [0.2, 0.25) is 0 Å². The summed E-state index contributed by atoms with van der Waals surface area (Å²) in [6.07, 6.45) is 8.43. The summed E-state index contributed by atoms with van der Waals surface area (Å²) in [6.45, 7) is 3.54. The number of piperazine rings is 1. The third-order valence-corrected chi connectivity index (χ3v) is 5.05. The molecule has 3 rings (SSSR count). The first kappa shape index (κ1) is 15.1. The molecule has 0 N–H and O–H groups in total. The van der Waals surface area contributed by atoms with Crippen molar-refractivity contribution in [2.24, 2.45) is 7.05 Å². The van der Waals surface area contributed by atoms with E-state index in [0.29, 0.717) is 11.3 Å².